The number of rotatable bonds is 20. The Morgan fingerprint density at radius 3 is 1.97 bits per heavy atom. The number of carbonyl (C=O) groups is 1. The van der Waals surface area contributed by atoms with Gasteiger partial charge in [0.2, 0.25) is 0 Å². The lowest BCUT2D eigenvalue weighted by molar-refractivity contribution is -0.154. The first-order chi connectivity index (χ1) is 14.7. The van der Waals surface area contributed by atoms with Crippen LogP contribution >= 0.6 is 0 Å². The summed E-state index contributed by atoms with van der Waals surface area (Å²) in [6, 6.07) is 0. The van der Waals surface area contributed by atoms with Gasteiger partial charge in [-0.2, -0.15) is 0 Å². The smallest absolute Gasteiger partial charge is 0.305 e. The standard InChI is InChI=1S/C26H44O4/c1-3-5-6-7-8-9-10-11-12-13-14-15-16-17-18-19-20-21-22-29-24-25(23-27)30-26(28)4-2/h5-6,8-9,11-12,14-15,25,27H,3-4,7,10,13,16-24H2,1-2H3/b6-5-,9-8-,12-11-,15-14-. The molecule has 0 bridgehead atoms. The van der Waals surface area contributed by atoms with Crippen LogP contribution in [-0.4, -0.2) is 37.0 Å². The lowest BCUT2D eigenvalue weighted by Gasteiger charge is -2.15. The van der Waals surface area contributed by atoms with Crippen LogP contribution in [0.1, 0.15) is 84.5 Å². The molecule has 0 aromatic carbocycles. The Hall–Kier alpha value is -1.65. The fourth-order valence-electron chi connectivity index (χ4n) is 2.70. The molecule has 1 atom stereocenters. The predicted molar refractivity (Wildman–Crippen MR) is 126 cm³/mol. The van der Waals surface area contributed by atoms with Crippen LogP contribution in [0.4, 0.5) is 0 Å². The summed E-state index contributed by atoms with van der Waals surface area (Å²) in [6.07, 6.45) is 28.8. The van der Waals surface area contributed by atoms with Gasteiger partial charge in [0, 0.05) is 13.0 Å². The summed E-state index contributed by atoms with van der Waals surface area (Å²) in [5.74, 6) is -0.300. The molecular formula is C26H44O4. The average Bonchev–Trinajstić information content (AvgIpc) is 2.76. The van der Waals surface area contributed by atoms with Gasteiger partial charge in [-0.1, -0.05) is 81.7 Å². The zero-order valence-electron chi connectivity index (χ0n) is 19.3. The van der Waals surface area contributed by atoms with Gasteiger partial charge in [-0.3, -0.25) is 4.79 Å². The fourth-order valence-corrected chi connectivity index (χ4v) is 2.70. The summed E-state index contributed by atoms with van der Waals surface area (Å²) < 4.78 is 10.6. The second kappa shape index (κ2) is 23.6. The van der Waals surface area contributed by atoms with Gasteiger partial charge in [-0.25, -0.2) is 0 Å². The van der Waals surface area contributed by atoms with E-state index in [1.807, 2.05) is 0 Å². The first-order valence-electron chi connectivity index (χ1n) is 11.7. The number of aliphatic hydroxyl groups excluding tert-OH is 1. The van der Waals surface area contributed by atoms with Gasteiger partial charge in [0.25, 0.3) is 0 Å². The molecule has 4 heteroatoms. The number of hydrogen-bond acceptors (Lipinski definition) is 4. The molecule has 0 amide bonds. The van der Waals surface area contributed by atoms with Crippen LogP contribution in [0, 0.1) is 0 Å². The third-order valence-corrected chi connectivity index (χ3v) is 4.47. The van der Waals surface area contributed by atoms with E-state index < -0.39 is 6.10 Å². The van der Waals surface area contributed by atoms with Crippen LogP contribution in [-0.2, 0) is 14.3 Å². The second-order valence-electron chi connectivity index (χ2n) is 7.28. The molecule has 0 aromatic rings. The van der Waals surface area contributed by atoms with Crippen LogP contribution in [0.15, 0.2) is 48.6 Å². The summed E-state index contributed by atoms with van der Waals surface area (Å²) in [6.45, 7) is 4.62. The number of carbonyl (C=O) groups excluding carboxylic acids is 1. The number of allylic oxidation sites excluding steroid dienone is 8. The quantitative estimate of drug-likeness (QED) is 0.139. The van der Waals surface area contributed by atoms with Gasteiger partial charge in [0.05, 0.1) is 13.2 Å². The Morgan fingerprint density at radius 1 is 0.800 bits per heavy atom. The Kier molecular flexibility index (Phi) is 22.3. The van der Waals surface area contributed by atoms with Crippen molar-refractivity contribution in [3.8, 4) is 0 Å². The van der Waals surface area contributed by atoms with Crippen molar-refractivity contribution in [2.45, 2.75) is 90.6 Å². The van der Waals surface area contributed by atoms with E-state index in [1.165, 1.54) is 19.3 Å². The Morgan fingerprint density at radius 2 is 1.37 bits per heavy atom. The lowest BCUT2D eigenvalue weighted by atomic mass is 10.1. The Balaban J connectivity index is 3.42. The molecule has 0 fully saturated rings. The lowest BCUT2D eigenvalue weighted by Crippen LogP contribution is -2.27. The molecule has 0 aromatic heterocycles. The van der Waals surface area contributed by atoms with E-state index in [4.69, 9.17) is 14.6 Å². The molecule has 1 N–H and O–H groups in total. The van der Waals surface area contributed by atoms with E-state index in [0.29, 0.717) is 13.0 Å². The summed E-state index contributed by atoms with van der Waals surface area (Å²) in [7, 11) is 0. The first kappa shape index (κ1) is 28.4. The number of aliphatic hydroxyl groups is 1. The molecule has 0 rings (SSSR count). The fraction of sp³-hybridized carbons (Fsp3) is 0.654. The third kappa shape index (κ3) is 21.1. The minimum atomic E-state index is -0.538. The van der Waals surface area contributed by atoms with Gasteiger partial charge < -0.3 is 14.6 Å². The third-order valence-electron chi connectivity index (χ3n) is 4.47. The van der Waals surface area contributed by atoms with Crippen molar-refractivity contribution in [2.75, 3.05) is 19.8 Å². The van der Waals surface area contributed by atoms with Crippen LogP contribution in [0.3, 0.4) is 0 Å². The zero-order valence-corrected chi connectivity index (χ0v) is 19.3. The SMILES string of the molecule is CC/C=C\C/C=C\C/C=C\C/C=C\CCCCCCCOCC(CO)OC(=O)CC. The number of hydrogen-bond donors (Lipinski definition) is 1. The highest BCUT2D eigenvalue weighted by Gasteiger charge is 2.11. The van der Waals surface area contributed by atoms with E-state index in [2.05, 4.69) is 55.5 Å². The Labute approximate surface area is 184 Å². The number of ether oxygens (including phenoxy) is 2. The molecule has 1 unspecified atom stereocenters. The maximum absolute atomic E-state index is 11.2. The van der Waals surface area contributed by atoms with Crippen LogP contribution < -0.4 is 0 Å². The maximum atomic E-state index is 11.2. The van der Waals surface area contributed by atoms with Crippen LogP contribution in [0.2, 0.25) is 0 Å². The second-order valence-corrected chi connectivity index (χ2v) is 7.28. The molecule has 0 radical (unpaired) electrons. The van der Waals surface area contributed by atoms with E-state index in [0.717, 1.165) is 44.9 Å². The molecular weight excluding hydrogens is 376 g/mol. The van der Waals surface area contributed by atoms with Gasteiger partial charge >= 0.3 is 5.97 Å². The minimum Gasteiger partial charge on any atom is -0.457 e. The largest absolute Gasteiger partial charge is 0.457 e. The van der Waals surface area contributed by atoms with Gasteiger partial charge in [0.1, 0.15) is 6.10 Å². The Bertz CT molecular complexity index is 491. The van der Waals surface area contributed by atoms with Gasteiger partial charge in [0.15, 0.2) is 0 Å². The van der Waals surface area contributed by atoms with E-state index in [9.17, 15) is 4.79 Å². The average molecular weight is 421 g/mol. The molecule has 0 heterocycles. The van der Waals surface area contributed by atoms with E-state index in [1.54, 1.807) is 6.92 Å². The molecule has 0 spiro atoms. The van der Waals surface area contributed by atoms with Crippen molar-refractivity contribution >= 4 is 5.97 Å². The zero-order chi connectivity index (χ0) is 22.1. The van der Waals surface area contributed by atoms with Crippen molar-refractivity contribution in [1.29, 1.82) is 0 Å². The molecule has 172 valence electrons. The van der Waals surface area contributed by atoms with Crippen molar-refractivity contribution in [3.63, 3.8) is 0 Å². The molecule has 30 heavy (non-hydrogen) atoms. The van der Waals surface area contributed by atoms with E-state index in [-0.39, 0.29) is 19.2 Å². The summed E-state index contributed by atoms with van der Waals surface area (Å²) in [4.78, 5) is 11.2. The van der Waals surface area contributed by atoms with E-state index >= 15 is 0 Å². The maximum Gasteiger partial charge on any atom is 0.305 e. The highest BCUT2D eigenvalue weighted by atomic mass is 16.6. The molecule has 0 aliphatic rings. The number of esters is 1. The highest BCUT2D eigenvalue weighted by Crippen LogP contribution is 2.07. The molecule has 0 aliphatic heterocycles. The minimum absolute atomic E-state index is 0.191. The van der Waals surface area contributed by atoms with Crippen molar-refractivity contribution < 1.29 is 19.4 Å². The summed E-state index contributed by atoms with van der Waals surface area (Å²) >= 11 is 0. The van der Waals surface area contributed by atoms with Crippen LogP contribution in [0.5, 0.6) is 0 Å². The monoisotopic (exact) mass is 420 g/mol. The molecule has 0 saturated heterocycles. The van der Waals surface area contributed by atoms with Gasteiger partial charge in [-0.05, 0) is 44.9 Å². The predicted octanol–water partition coefficient (Wildman–Crippen LogP) is 6.46. The summed E-state index contributed by atoms with van der Waals surface area (Å²) in [5.41, 5.74) is 0. The van der Waals surface area contributed by atoms with Crippen molar-refractivity contribution in [3.05, 3.63) is 48.6 Å². The van der Waals surface area contributed by atoms with Crippen LogP contribution in [0.25, 0.3) is 0 Å². The first-order valence-corrected chi connectivity index (χ1v) is 11.7. The number of unbranched alkanes of at least 4 members (excludes halogenated alkanes) is 5. The molecule has 0 aliphatic carbocycles. The molecule has 4 nitrogen and oxygen atoms in total. The normalized spacial score (nSPS) is 13.3. The topological polar surface area (TPSA) is 55.8 Å². The highest BCUT2D eigenvalue weighted by molar-refractivity contribution is 5.69. The van der Waals surface area contributed by atoms with Crippen molar-refractivity contribution in [1.82, 2.24) is 0 Å². The molecule has 0 saturated carbocycles. The van der Waals surface area contributed by atoms with Gasteiger partial charge in [-0.15, -0.1) is 0 Å². The van der Waals surface area contributed by atoms with Crippen molar-refractivity contribution in [2.24, 2.45) is 0 Å². The summed E-state index contributed by atoms with van der Waals surface area (Å²) in [5, 5.41) is 9.16.